The number of dihydropyridines is 1. The highest BCUT2D eigenvalue weighted by Crippen LogP contribution is 2.33. The molecule has 4 rings (SSSR count). The minimum atomic E-state index is -0.692. The quantitative estimate of drug-likeness (QED) is 0.504. The van der Waals surface area contributed by atoms with Gasteiger partial charge in [0.1, 0.15) is 5.76 Å². The number of hydrogen-bond donors (Lipinski definition) is 0. The van der Waals surface area contributed by atoms with E-state index in [0.29, 0.717) is 19.7 Å². The van der Waals surface area contributed by atoms with E-state index in [4.69, 9.17) is 9.47 Å². The zero-order valence-electron chi connectivity index (χ0n) is 17.7. The predicted octanol–water partition coefficient (Wildman–Crippen LogP) is 4.83. The first-order valence-electron chi connectivity index (χ1n) is 10.5. The molecule has 0 aliphatic carbocycles. The van der Waals surface area contributed by atoms with Crippen molar-refractivity contribution in [2.75, 3.05) is 31.7 Å². The maximum atomic E-state index is 6.58. The lowest BCUT2D eigenvalue weighted by atomic mass is 9.96. The van der Waals surface area contributed by atoms with Crippen LogP contribution in [-0.2, 0) is 15.9 Å². The van der Waals surface area contributed by atoms with Crippen LogP contribution in [0.1, 0.15) is 5.56 Å². The highest BCUT2D eigenvalue weighted by Gasteiger charge is 2.40. The molecule has 1 aliphatic rings. The van der Waals surface area contributed by atoms with E-state index in [1.54, 1.807) is 13.3 Å². The van der Waals surface area contributed by atoms with Gasteiger partial charge in [-0.05, 0) is 54.5 Å². The number of aliphatic imine (C=N–C) groups is 1. The summed E-state index contributed by atoms with van der Waals surface area (Å²) in [6.07, 6.45) is 8.11. The first kappa shape index (κ1) is 20.8. The Balaban J connectivity index is 1.63. The zero-order chi connectivity index (χ0) is 21.4. The number of pyridine rings is 1. The number of hydrogen-bond acceptors (Lipinski definition) is 5. The smallest absolute Gasteiger partial charge is 0.162 e. The fourth-order valence-corrected chi connectivity index (χ4v) is 3.81. The molecule has 31 heavy (non-hydrogen) atoms. The number of nitrogens with zero attached hydrogens (tertiary/aromatic N) is 3. The third kappa shape index (κ3) is 5.01. The van der Waals surface area contributed by atoms with E-state index in [9.17, 15) is 0 Å². The van der Waals surface area contributed by atoms with E-state index < -0.39 is 5.60 Å². The Morgan fingerprint density at radius 3 is 2.16 bits per heavy atom. The predicted molar refractivity (Wildman–Crippen MR) is 125 cm³/mol. The first-order valence-corrected chi connectivity index (χ1v) is 10.5. The van der Waals surface area contributed by atoms with Gasteiger partial charge in [-0.3, -0.25) is 9.98 Å². The van der Waals surface area contributed by atoms with E-state index in [0.717, 1.165) is 23.6 Å². The van der Waals surface area contributed by atoms with Gasteiger partial charge in [0.05, 0.1) is 26.8 Å². The Hall–Kier alpha value is -3.44. The molecule has 0 amide bonds. The average Bonchev–Trinajstić information content (AvgIpc) is 2.85. The van der Waals surface area contributed by atoms with E-state index in [1.807, 2.05) is 67.0 Å². The zero-order valence-corrected chi connectivity index (χ0v) is 17.7. The molecule has 2 heterocycles. The number of aromatic nitrogens is 1. The third-order valence-corrected chi connectivity index (χ3v) is 5.41. The summed E-state index contributed by atoms with van der Waals surface area (Å²) >= 11 is 0. The number of para-hydroxylation sites is 2. The maximum absolute atomic E-state index is 6.58. The van der Waals surface area contributed by atoms with Crippen LogP contribution in [0, 0.1) is 0 Å². The lowest BCUT2D eigenvalue weighted by Gasteiger charge is -2.40. The van der Waals surface area contributed by atoms with Crippen molar-refractivity contribution < 1.29 is 9.47 Å². The Bertz CT molecular complexity index is 967. The number of allylic oxidation sites excluding steroid dienone is 1. The molecule has 0 saturated heterocycles. The van der Waals surface area contributed by atoms with Crippen molar-refractivity contribution in [3.8, 4) is 0 Å². The van der Waals surface area contributed by atoms with E-state index >= 15 is 0 Å². The number of benzene rings is 2. The number of rotatable bonds is 9. The van der Waals surface area contributed by atoms with E-state index in [-0.39, 0.29) is 0 Å². The summed E-state index contributed by atoms with van der Waals surface area (Å²) in [6.45, 7) is 1.63. The van der Waals surface area contributed by atoms with Crippen LogP contribution in [0.4, 0.5) is 11.4 Å². The molecule has 0 saturated carbocycles. The minimum absolute atomic E-state index is 0.499. The normalized spacial score (nSPS) is 17.8. The van der Waals surface area contributed by atoms with Gasteiger partial charge < -0.3 is 14.4 Å². The fourth-order valence-electron chi connectivity index (χ4n) is 3.81. The van der Waals surface area contributed by atoms with Crippen LogP contribution < -0.4 is 4.90 Å². The van der Waals surface area contributed by atoms with Crippen molar-refractivity contribution in [1.29, 1.82) is 0 Å². The molecule has 1 atom stereocenters. The lowest BCUT2D eigenvalue weighted by Crippen LogP contribution is -2.50. The SMILES string of the molecule is COC1=CC=NCC1(CN(c1ccccc1)c1ccccc1)OCCc1ccncc1. The van der Waals surface area contributed by atoms with Crippen molar-refractivity contribution in [2.24, 2.45) is 4.99 Å². The molecule has 1 aromatic heterocycles. The summed E-state index contributed by atoms with van der Waals surface area (Å²) in [5.41, 5.74) is 2.68. The molecule has 0 radical (unpaired) electrons. The van der Waals surface area contributed by atoms with Gasteiger partial charge in [-0.1, -0.05) is 36.4 Å². The van der Waals surface area contributed by atoms with Crippen molar-refractivity contribution in [3.63, 3.8) is 0 Å². The first-order chi connectivity index (χ1) is 15.3. The van der Waals surface area contributed by atoms with Crippen LogP contribution in [0.3, 0.4) is 0 Å². The Morgan fingerprint density at radius 2 is 1.55 bits per heavy atom. The highest BCUT2D eigenvalue weighted by atomic mass is 16.5. The van der Waals surface area contributed by atoms with Gasteiger partial charge in [0.25, 0.3) is 0 Å². The molecule has 0 N–H and O–H groups in total. The van der Waals surface area contributed by atoms with Crippen LogP contribution >= 0.6 is 0 Å². The Labute approximate surface area is 183 Å². The second-order valence-corrected chi connectivity index (χ2v) is 7.43. The monoisotopic (exact) mass is 413 g/mol. The summed E-state index contributed by atoms with van der Waals surface area (Å²) < 4.78 is 12.4. The van der Waals surface area contributed by atoms with Crippen molar-refractivity contribution in [2.45, 2.75) is 12.0 Å². The van der Waals surface area contributed by atoms with Crippen LogP contribution in [0.15, 0.2) is 102 Å². The molecule has 3 aromatic rings. The second kappa shape index (κ2) is 10.0. The van der Waals surface area contributed by atoms with Crippen LogP contribution in [-0.4, -0.2) is 43.6 Å². The van der Waals surface area contributed by atoms with Gasteiger partial charge >= 0.3 is 0 Å². The molecule has 5 nitrogen and oxygen atoms in total. The fraction of sp³-hybridized carbons (Fsp3) is 0.231. The molecule has 0 spiro atoms. The average molecular weight is 414 g/mol. The molecule has 5 heteroatoms. The Morgan fingerprint density at radius 1 is 0.903 bits per heavy atom. The molecular formula is C26H27N3O2. The van der Waals surface area contributed by atoms with Crippen molar-refractivity contribution in [3.05, 3.63) is 103 Å². The van der Waals surface area contributed by atoms with Gasteiger partial charge in [-0.2, -0.15) is 0 Å². The molecule has 158 valence electrons. The van der Waals surface area contributed by atoms with Crippen LogP contribution in [0.25, 0.3) is 0 Å². The van der Waals surface area contributed by atoms with Crippen molar-refractivity contribution in [1.82, 2.24) is 4.98 Å². The van der Waals surface area contributed by atoms with Gasteiger partial charge in [-0.25, -0.2) is 0 Å². The van der Waals surface area contributed by atoms with Gasteiger partial charge in [0.15, 0.2) is 5.60 Å². The molecule has 1 unspecified atom stereocenters. The van der Waals surface area contributed by atoms with Gasteiger partial charge in [0.2, 0.25) is 0 Å². The topological polar surface area (TPSA) is 47.0 Å². The summed E-state index contributed by atoms with van der Waals surface area (Å²) in [5.74, 6) is 0.786. The van der Waals surface area contributed by atoms with Gasteiger partial charge in [-0.15, -0.1) is 0 Å². The third-order valence-electron chi connectivity index (χ3n) is 5.41. The van der Waals surface area contributed by atoms with Gasteiger partial charge in [0, 0.05) is 30.0 Å². The summed E-state index contributed by atoms with van der Waals surface area (Å²) in [4.78, 5) is 10.9. The molecule has 0 bridgehead atoms. The molecule has 0 fully saturated rings. The van der Waals surface area contributed by atoms with Crippen molar-refractivity contribution >= 4 is 17.6 Å². The molecule has 1 aliphatic heterocycles. The number of anilines is 2. The Kier molecular flexibility index (Phi) is 6.75. The second-order valence-electron chi connectivity index (χ2n) is 7.43. The van der Waals surface area contributed by atoms with Crippen LogP contribution in [0.2, 0.25) is 0 Å². The molecular weight excluding hydrogens is 386 g/mol. The van der Waals surface area contributed by atoms with E-state index in [2.05, 4.69) is 39.1 Å². The van der Waals surface area contributed by atoms with E-state index in [1.165, 1.54) is 5.56 Å². The maximum Gasteiger partial charge on any atom is 0.162 e. The largest absolute Gasteiger partial charge is 0.498 e. The number of ether oxygens (including phenoxy) is 2. The summed E-state index contributed by atoms with van der Waals surface area (Å²) in [7, 11) is 1.70. The minimum Gasteiger partial charge on any atom is -0.498 e. The molecule has 2 aromatic carbocycles. The highest BCUT2D eigenvalue weighted by molar-refractivity contribution is 5.74. The summed E-state index contributed by atoms with van der Waals surface area (Å²) in [5, 5.41) is 0. The standard InChI is InChI=1S/C26H27N3O2/c1-30-25-14-18-28-20-26(25,31-19-15-22-12-16-27-17-13-22)21-29(23-8-4-2-5-9-23)24-10-6-3-7-11-24/h2-14,16-18H,15,19-21H2,1H3. The number of methoxy groups -OCH3 is 1. The summed E-state index contributed by atoms with van der Waals surface area (Å²) in [6, 6.07) is 24.7. The van der Waals surface area contributed by atoms with Crippen LogP contribution in [0.5, 0.6) is 0 Å². The lowest BCUT2D eigenvalue weighted by molar-refractivity contribution is -0.0366.